The molecule has 0 radical (unpaired) electrons. The Morgan fingerprint density at radius 2 is 1.93 bits per heavy atom. The van der Waals surface area contributed by atoms with E-state index >= 15 is 0 Å². The molecule has 0 aliphatic carbocycles. The van der Waals surface area contributed by atoms with Gasteiger partial charge in [0, 0.05) is 13.1 Å². The average molecular weight is 408 g/mol. The average Bonchev–Trinajstić information content (AvgIpc) is 2.97. The van der Waals surface area contributed by atoms with Gasteiger partial charge in [-0.1, -0.05) is 41.2 Å². The van der Waals surface area contributed by atoms with Crippen LogP contribution in [0.15, 0.2) is 42.5 Å². The minimum absolute atomic E-state index is 0. The molecule has 0 saturated carbocycles. The fourth-order valence-electron chi connectivity index (χ4n) is 2.72. The molecule has 1 aromatic heterocycles. The second kappa shape index (κ2) is 9.26. The van der Waals surface area contributed by atoms with E-state index in [1.54, 1.807) is 11.0 Å². The van der Waals surface area contributed by atoms with Crippen LogP contribution in [0.25, 0.3) is 10.2 Å². The molecule has 1 heterocycles. The van der Waals surface area contributed by atoms with Gasteiger partial charge >= 0.3 is 0 Å². The number of nitrogens with zero attached hydrogens (tertiary/aromatic N) is 3. The van der Waals surface area contributed by atoms with E-state index in [0.717, 1.165) is 22.4 Å². The van der Waals surface area contributed by atoms with Gasteiger partial charge in [0.1, 0.15) is 5.82 Å². The highest BCUT2D eigenvalue weighted by molar-refractivity contribution is 7.22. The first kappa shape index (κ1) is 21.3. The summed E-state index contributed by atoms with van der Waals surface area (Å²) in [5, 5.41) is 0.616. The summed E-state index contributed by atoms with van der Waals surface area (Å²) >= 11 is 1.35. The van der Waals surface area contributed by atoms with Crippen LogP contribution in [-0.4, -0.2) is 43.0 Å². The predicted octanol–water partition coefficient (Wildman–Crippen LogP) is 4.30. The van der Waals surface area contributed by atoms with Crippen LogP contribution in [0.1, 0.15) is 11.1 Å². The summed E-state index contributed by atoms with van der Waals surface area (Å²) in [4.78, 5) is 21.3. The number of hydrogen-bond acceptors (Lipinski definition) is 4. The SMILES string of the molecule is Cc1cccc(CC(=O)N(CCN(C)C)c2nc3ccc(F)cc3s2)c1.Cl. The third-order valence-corrected chi connectivity index (χ3v) is 5.12. The van der Waals surface area contributed by atoms with Crippen molar-refractivity contribution in [3.05, 3.63) is 59.4 Å². The van der Waals surface area contributed by atoms with Crippen molar-refractivity contribution >= 4 is 45.0 Å². The molecule has 0 fully saturated rings. The van der Waals surface area contributed by atoms with Crippen LogP contribution >= 0.6 is 23.7 Å². The number of aryl methyl sites for hydroxylation is 1. The maximum absolute atomic E-state index is 13.5. The number of aromatic nitrogens is 1. The Balaban J connectivity index is 0.00000261. The number of halogens is 2. The molecule has 0 unspecified atom stereocenters. The third kappa shape index (κ3) is 5.48. The zero-order valence-corrected chi connectivity index (χ0v) is 17.2. The molecule has 0 aliphatic rings. The number of carbonyl (C=O) groups is 1. The Kier molecular flexibility index (Phi) is 7.30. The Morgan fingerprint density at radius 3 is 2.63 bits per heavy atom. The van der Waals surface area contributed by atoms with Crippen LogP contribution < -0.4 is 4.90 Å². The highest BCUT2D eigenvalue weighted by Gasteiger charge is 2.20. The van der Waals surface area contributed by atoms with Gasteiger partial charge in [0.2, 0.25) is 5.91 Å². The molecule has 0 spiro atoms. The van der Waals surface area contributed by atoms with E-state index in [4.69, 9.17) is 0 Å². The molecule has 2 aromatic carbocycles. The fraction of sp³-hybridized carbons (Fsp3) is 0.300. The molecule has 0 N–H and O–H groups in total. The summed E-state index contributed by atoms with van der Waals surface area (Å²) < 4.78 is 14.2. The zero-order chi connectivity index (χ0) is 18.7. The molecule has 0 saturated heterocycles. The van der Waals surface area contributed by atoms with E-state index < -0.39 is 0 Å². The Labute approximate surface area is 169 Å². The van der Waals surface area contributed by atoms with E-state index in [9.17, 15) is 9.18 Å². The summed E-state index contributed by atoms with van der Waals surface area (Å²) in [5.74, 6) is -0.296. The molecule has 0 aliphatic heterocycles. The second-order valence-electron chi connectivity index (χ2n) is 6.62. The van der Waals surface area contributed by atoms with Crippen molar-refractivity contribution in [3.63, 3.8) is 0 Å². The fourth-order valence-corrected chi connectivity index (χ4v) is 3.75. The van der Waals surface area contributed by atoms with Crippen LogP contribution in [-0.2, 0) is 11.2 Å². The number of carbonyl (C=O) groups excluding carboxylic acids is 1. The number of rotatable bonds is 6. The van der Waals surface area contributed by atoms with Gasteiger partial charge in [0.25, 0.3) is 0 Å². The largest absolute Gasteiger partial charge is 0.308 e. The van der Waals surface area contributed by atoms with Crippen molar-refractivity contribution in [3.8, 4) is 0 Å². The van der Waals surface area contributed by atoms with Gasteiger partial charge in [-0.05, 0) is 44.8 Å². The van der Waals surface area contributed by atoms with Crippen LogP contribution in [0.4, 0.5) is 9.52 Å². The highest BCUT2D eigenvalue weighted by atomic mass is 35.5. The first-order chi connectivity index (χ1) is 12.4. The van der Waals surface area contributed by atoms with Crippen LogP contribution in [0.3, 0.4) is 0 Å². The van der Waals surface area contributed by atoms with E-state index in [1.165, 1.54) is 23.5 Å². The number of hydrogen-bond donors (Lipinski definition) is 0. The minimum atomic E-state index is -0.293. The smallest absolute Gasteiger partial charge is 0.233 e. The molecule has 3 rings (SSSR count). The lowest BCUT2D eigenvalue weighted by atomic mass is 10.1. The second-order valence-corrected chi connectivity index (χ2v) is 7.63. The quantitative estimate of drug-likeness (QED) is 0.611. The molecule has 3 aromatic rings. The number of anilines is 1. The van der Waals surface area contributed by atoms with Gasteiger partial charge in [0.15, 0.2) is 5.13 Å². The maximum atomic E-state index is 13.5. The maximum Gasteiger partial charge on any atom is 0.233 e. The summed E-state index contributed by atoms with van der Waals surface area (Å²) in [5.41, 5.74) is 2.83. The molecule has 27 heavy (non-hydrogen) atoms. The molecular weight excluding hydrogens is 385 g/mol. The van der Waals surface area contributed by atoms with E-state index in [1.807, 2.05) is 50.2 Å². The number of amides is 1. The lowest BCUT2D eigenvalue weighted by molar-refractivity contribution is -0.118. The van der Waals surface area contributed by atoms with Gasteiger partial charge in [-0.15, -0.1) is 12.4 Å². The summed E-state index contributed by atoms with van der Waals surface area (Å²) in [6, 6.07) is 12.5. The molecule has 0 atom stereocenters. The predicted molar refractivity (Wildman–Crippen MR) is 113 cm³/mol. The molecular formula is C20H23ClFN3OS. The molecule has 4 nitrogen and oxygen atoms in total. The summed E-state index contributed by atoms with van der Waals surface area (Å²) in [6.45, 7) is 3.28. The van der Waals surface area contributed by atoms with Gasteiger partial charge in [-0.3, -0.25) is 9.69 Å². The highest BCUT2D eigenvalue weighted by Crippen LogP contribution is 2.29. The Bertz CT molecular complexity index is 928. The van der Waals surface area contributed by atoms with Crippen LogP contribution in [0.5, 0.6) is 0 Å². The normalized spacial score (nSPS) is 10.9. The van der Waals surface area contributed by atoms with Crippen molar-refractivity contribution in [1.82, 2.24) is 9.88 Å². The van der Waals surface area contributed by atoms with Gasteiger partial charge in [-0.2, -0.15) is 0 Å². The number of fused-ring (bicyclic) bond motifs is 1. The monoisotopic (exact) mass is 407 g/mol. The summed E-state index contributed by atoms with van der Waals surface area (Å²) in [7, 11) is 3.94. The van der Waals surface area contributed by atoms with Gasteiger partial charge in [0.05, 0.1) is 16.6 Å². The first-order valence-electron chi connectivity index (χ1n) is 8.49. The minimum Gasteiger partial charge on any atom is -0.308 e. The lowest BCUT2D eigenvalue weighted by Crippen LogP contribution is -2.37. The zero-order valence-electron chi connectivity index (χ0n) is 15.6. The molecule has 1 amide bonds. The number of benzene rings is 2. The topological polar surface area (TPSA) is 36.4 Å². The van der Waals surface area contributed by atoms with E-state index in [2.05, 4.69) is 4.98 Å². The van der Waals surface area contributed by atoms with Crippen LogP contribution in [0, 0.1) is 12.7 Å². The number of thiazole rings is 1. The molecule has 0 bridgehead atoms. The van der Waals surface area contributed by atoms with Gasteiger partial charge < -0.3 is 4.90 Å². The Hall–Kier alpha value is -2.02. The summed E-state index contributed by atoms with van der Waals surface area (Å²) in [6.07, 6.45) is 0.319. The lowest BCUT2D eigenvalue weighted by Gasteiger charge is -2.22. The van der Waals surface area contributed by atoms with E-state index in [-0.39, 0.29) is 24.1 Å². The van der Waals surface area contributed by atoms with Crippen molar-refractivity contribution < 1.29 is 9.18 Å². The first-order valence-corrected chi connectivity index (χ1v) is 9.31. The third-order valence-electron chi connectivity index (χ3n) is 4.08. The standard InChI is InChI=1S/C20H22FN3OS.ClH/c1-14-5-4-6-15(11-14)12-19(25)24(10-9-23(2)3)20-22-17-8-7-16(21)13-18(17)26-20;/h4-8,11,13H,9-10,12H2,1-3H3;1H. The molecule has 144 valence electrons. The Morgan fingerprint density at radius 1 is 1.15 bits per heavy atom. The van der Waals surface area contributed by atoms with Gasteiger partial charge in [-0.25, -0.2) is 9.37 Å². The van der Waals surface area contributed by atoms with Crippen LogP contribution in [0.2, 0.25) is 0 Å². The van der Waals surface area contributed by atoms with E-state index in [0.29, 0.717) is 23.6 Å². The van der Waals surface area contributed by atoms with Crippen molar-refractivity contribution in [2.75, 3.05) is 32.1 Å². The molecule has 7 heteroatoms. The number of likely N-dealkylation sites (N-methyl/N-ethyl adjacent to an activating group) is 1. The van der Waals surface area contributed by atoms with Crippen molar-refractivity contribution in [2.24, 2.45) is 0 Å². The van der Waals surface area contributed by atoms with Crippen molar-refractivity contribution in [2.45, 2.75) is 13.3 Å². The van der Waals surface area contributed by atoms with Crippen molar-refractivity contribution in [1.29, 1.82) is 0 Å².